The third-order valence-corrected chi connectivity index (χ3v) is 4.54. The van der Waals surface area contributed by atoms with E-state index in [1.54, 1.807) is 0 Å². The van der Waals surface area contributed by atoms with Crippen molar-refractivity contribution in [1.82, 2.24) is 5.32 Å². The Morgan fingerprint density at radius 1 is 0.920 bits per heavy atom. The standard InChI is InChI=1S/C20H22F3NO/c21-20(22,23)18-8-6-16(7-9-18)14-25-19-11-17(12-24-13-19)10-15-4-2-1-3-5-15/h1-9,17,19,24H,10-14H2/t17-,19+/m0/s1. The molecule has 1 saturated heterocycles. The van der Waals surface area contributed by atoms with Gasteiger partial charge in [-0.1, -0.05) is 42.5 Å². The van der Waals surface area contributed by atoms with E-state index in [2.05, 4.69) is 17.4 Å². The lowest BCUT2D eigenvalue weighted by atomic mass is 9.91. The van der Waals surface area contributed by atoms with Gasteiger partial charge in [-0.05, 0) is 48.6 Å². The molecule has 0 aliphatic carbocycles. The van der Waals surface area contributed by atoms with Gasteiger partial charge in [0, 0.05) is 6.54 Å². The van der Waals surface area contributed by atoms with Crippen molar-refractivity contribution in [3.05, 3.63) is 71.3 Å². The molecule has 0 spiro atoms. The topological polar surface area (TPSA) is 21.3 Å². The van der Waals surface area contributed by atoms with Crippen LogP contribution in [0.5, 0.6) is 0 Å². The maximum atomic E-state index is 12.6. The van der Waals surface area contributed by atoms with E-state index in [0.29, 0.717) is 12.5 Å². The highest BCUT2D eigenvalue weighted by molar-refractivity contribution is 5.24. The van der Waals surface area contributed by atoms with Crippen LogP contribution in [0.4, 0.5) is 13.2 Å². The van der Waals surface area contributed by atoms with Crippen LogP contribution >= 0.6 is 0 Å². The van der Waals surface area contributed by atoms with Crippen molar-refractivity contribution in [2.45, 2.75) is 31.7 Å². The summed E-state index contributed by atoms with van der Waals surface area (Å²) in [6.07, 6.45) is -2.24. The van der Waals surface area contributed by atoms with Gasteiger partial charge in [-0.25, -0.2) is 0 Å². The van der Waals surface area contributed by atoms with Gasteiger partial charge < -0.3 is 10.1 Å². The van der Waals surface area contributed by atoms with E-state index in [0.717, 1.165) is 43.6 Å². The average Bonchev–Trinajstić information content (AvgIpc) is 2.61. The zero-order valence-corrected chi connectivity index (χ0v) is 13.9. The Morgan fingerprint density at radius 2 is 1.64 bits per heavy atom. The van der Waals surface area contributed by atoms with E-state index in [9.17, 15) is 13.2 Å². The lowest BCUT2D eigenvalue weighted by Crippen LogP contribution is -2.41. The molecule has 0 saturated carbocycles. The molecule has 5 heteroatoms. The summed E-state index contributed by atoms with van der Waals surface area (Å²) < 4.78 is 43.7. The Morgan fingerprint density at radius 3 is 2.32 bits per heavy atom. The van der Waals surface area contributed by atoms with Gasteiger partial charge >= 0.3 is 6.18 Å². The first kappa shape index (κ1) is 18.0. The van der Waals surface area contributed by atoms with E-state index < -0.39 is 11.7 Å². The van der Waals surface area contributed by atoms with E-state index in [-0.39, 0.29) is 6.10 Å². The highest BCUT2D eigenvalue weighted by Crippen LogP contribution is 2.29. The minimum atomic E-state index is -4.29. The first-order valence-corrected chi connectivity index (χ1v) is 8.53. The van der Waals surface area contributed by atoms with Crippen LogP contribution in [0.2, 0.25) is 0 Å². The molecule has 2 atom stereocenters. The van der Waals surface area contributed by atoms with Gasteiger partial charge in [0.15, 0.2) is 0 Å². The second-order valence-electron chi connectivity index (χ2n) is 6.58. The molecular formula is C20H22F3NO. The summed E-state index contributed by atoms with van der Waals surface area (Å²) in [4.78, 5) is 0. The van der Waals surface area contributed by atoms with Crippen LogP contribution in [-0.2, 0) is 23.9 Å². The molecule has 3 rings (SSSR count). The molecule has 1 heterocycles. The molecular weight excluding hydrogens is 327 g/mol. The molecule has 0 unspecified atom stereocenters. The van der Waals surface area contributed by atoms with Gasteiger partial charge in [0.2, 0.25) is 0 Å². The van der Waals surface area contributed by atoms with Gasteiger partial charge in [0.1, 0.15) is 0 Å². The van der Waals surface area contributed by atoms with Crippen LogP contribution in [0, 0.1) is 5.92 Å². The summed E-state index contributed by atoms with van der Waals surface area (Å²) in [5.74, 6) is 0.508. The fourth-order valence-corrected chi connectivity index (χ4v) is 3.22. The molecule has 1 N–H and O–H groups in total. The Hall–Kier alpha value is -1.85. The molecule has 1 aliphatic rings. The Balaban J connectivity index is 1.49. The third kappa shape index (κ3) is 5.31. The fourth-order valence-electron chi connectivity index (χ4n) is 3.22. The summed E-state index contributed by atoms with van der Waals surface area (Å²) in [7, 11) is 0. The molecule has 1 aliphatic heterocycles. The fraction of sp³-hybridized carbons (Fsp3) is 0.400. The molecule has 0 aromatic heterocycles. The molecule has 0 amide bonds. The van der Waals surface area contributed by atoms with Crippen molar-refractivity contribution >= 4 is 0 Å². The number of benzene rings is 2. The predicted molar refractivity (Wildman–Crippen MR) is 91.1 cm³/mol. The van der Waals surface area contributed by atoms with Crippen molar-refractivity contribution in [3.63, 3.8) is 0 Å². The monoisotopic (exact) mass is 349 g/mol. The highest BCUT2D eigenvalue weighted by atomic mass is 19.4. The lowest BCUT2D eigenvalue weighted by molar-refractivity contribution is -0.137. The second kappa shape index (κ2) is 8.02. The molecule has 2 aromatic carbocycles. The van der Waals surface area contributed by atoms with Crippen LogP contribution in [0.15, 0.2) is 54.6 Å². The highest BCUT2D eigenvalue weighted by Gasteiger charge is 2.30. The Bertz CT molecular complexity index is 655. The number of alkyl halides is 3. The minimum Gasteiger partial charge on any atom is -0.372 e. The maximum Gasteiger partial charge on any atom is 0.416 e. The van der Waals surface area contributed by atoms with Gasteiger partial charge in [0.05, 0.1) is 18.3 Å². The zero-order valence-electron chi connectivity index (χ0n) is 13.9. The lowest BCUT2D eigenvalue weighted by Gasteiger charge is -2.30. The first-order chi connectivity index (χ1) is 12.0. The largest absolute Gasteiger partial charge is 0.416 e. The molecule has 0 radical (unpaired) electrons. The van der Waals surface area contributed by atoms with Gasteiger partial charge in [0.25, 0.3) is 0 Å². The van der Waals surface area contributed by atoms with E-state index in [4.69, 9.17) is 4.74 Å². The molecule has 2 aromatic rings. The summed E-state index contributed by atoms with van der Waals surface area (Å²) in [6.45, 7) is 2.09. The molecule has 0 bridgehead atoms. The quantitative estimate of drug-likeness (QED) is 0.861. The van der Waals surface area contributed by atoms with Gasteiger partial charge in [-0.2, -0.15) is 13.2 Å². The number of nitrogens with one attached hydrogen (secondary N) is 1. The number of rotatable bonds is 5. The first-order valence-electron chi connectivity index (χ1n) is 8.53. The number of piperidine rings is 1. The Kier molecular flexibility index (Phi) is 5.76. The molecule has 134 valence electrons. The second-order valence-corrected chi connectivity index (χ2v) is 6.58. The van der Waals surface area contributed by atoms with E-state index in [1.807, 2.05) is 18.2 Å². The van der Waals surface area contributed by atoms with Crippen molar-refractivity contribution in [1.29, 1.82) is 0 Å². The molecule has 2 nitrogen and oxygen atoms in total. The summed E-state index contributed by atoms with van der Waals surface area (Å²) in [5, 5.41) is 3.40. The van der Waals surface area contributed by atoms with Crippen LogP contribution in [0.25, 0.3) is 0 Å². The Labute approximate surface area is 146 Å². The SMILES string of the molecule is FC(F)(F)c1ccc(CO[C@H]2CNC[C@@H](Cc3ccccc3)C2)cc1. The third-order valence-electron chi connectivity index (χ3n) is 4.54. The van der Waals surface area contributed by atoms with Crippen molar-refractivity contribution in [3.8, 4) is 0 Å². The molecule has 1 fully saturated rings. The zero-order chi connectivity index (χ0) is 17.7. The van der Waals surface area contributed by atoms with Crippen molar-refractivity contribution in [2.24, 2.45) is 5.92 Å². The van der Waals surface area contributed by atoms with Crippen LogP contribution < -0.4 is 5.32 Å². The van der Waals surface area contributed by atoms with Crippen LogP contribution in [-0.4, -0.2) is 19.2 Å². The number of ether oxygens (including phenoxy) is 1. The smallest absolute Gasteiger partial charge is 0.372 e. The summed E-state index contributed by atoms with van der Waals surface area (Å²) >= 11 is 0. The van der Waals surface area contributed by atoms with Crippen molar-refractivity contribution in [2.75, 3.05) is 13.1 Å². The minimum absolute atomic E-state index is 0.0877. The number of hydrogen-bond donors (Lipinski definition) is 1. The summed E-state index contributed by atoms with van der Waals surface area (Å²) in [5.41, 5.74) is 1.45. The normalized spacial score (nSPS) is 21.2. The van der Waals surface area contributed by atoms with E-state index in [1.165, 1.54) is 17.7 Å². The summed E-state index contributed by atoms with van der Waals surface area (Å²) in [6, 6.07) is 15.6. The van der Waals surface area contributed by atoms with Gasteiger partial charge in [-0.15, -0.1) is 0 Å². The maximum absolute atomic E-state index is 12.6. The average molecular weight is 349 g/mol. The van der Waals surface area contributed by atoms with Crippen LogP contribution in [0.3, 0.4) is 0 Å². The number of halogens is 3. The van der Waals surface area contributed by atoms with E-state index >= 15 is 0 Å². The number of hydrogen-bond acceptors (Lipinski definition) is 2. The predicted octanol–water partition coefficient (Wildman–Crippen LogP) is 4.44. The van der Waals surface area contributed by atoms with Crippen LogP contribution in [0.1, 0.15) is 23.1 Å². The van der Waals surface area contributed by atoms with Crippen molar-refractivity contribution < 1.29 is 17.9 Å². The van der Waals surface area contributed by atoms with Gasteiger partial charge in [-0.3, -0.25) is 0 Å². The molecule has 25 heavy (non-hydrogen) atoms.